The van der Waals surface area contributed by atoms with Crippen LogP contribution in [-0.2, 0) is 11.4 Å². The second kappa shape index (κ2) is 9.41. The maximum Gasteiger partial charge on any atom is 0.262 e. The molecule has 0 bridgehead atoms. The summed E-state index contributed by atoms with van der Waals surface area (Å²) in [6.07, 6.45) is 0. The van der Waals surface area contributed by atoms with Gasteiger partial charge in [-0.1, -0.05) is 18.2 Å². The zero-order chi connectivity index (χ0) is 19.8. The zero-order valence-corrected chi connectivity index (χ0v) is 15.4. The second-order valence-electron chi connectivity index (χ2n) is 5.96. The number of hydrogen-bond acceptors (Lipinski definition) is 4. The Morgan fingerprint density at radius 3 is 2.39 bits per heavy atom. The van der Waals surface area contributed by atoms with E-state index in [4.69, 9.17) is 14.2 Å². The number of carbonyl (C=O) groups is 1. The summed E-state index contributed by atoms with van der Waals surface area (Å²) >= 11 is 0. The van der Waals surface area contributed by atoms with Gasteiger partial charge in [-0.3, -0.25) is 4.79 Å². The average molecular weight is 381 g/mol. The fraction of sp³-hybridized carbons (Fsp3) is 0.136. The van der Waals surface area contributed by atoms with Gasteiger partial charge in [0, 0.05) is 11.8 Å². The molecule has 1 N–H and O–H groups in total. The van der Waals surface area contributed by atoms with Crippen LogP contribution in [0.25, 0.3) is 0 Å². The summed E-state index contributed by atoms with van der Waals surface area (Å²) in [7, 11) is 1.58. The van der Waals surface area contributed by atoms with Crippen molar-refractivity contribution < 1.29 is 23.4 Å². The minimum Gasteiger partial charge on any atom is -0.497 e. The molecule has 0 spiro atoms. The summed E-state index contributed by atoms with van der Waals surface area (Å²) in [4.78, 5) is 12.1. The van der Waals surface area contributed by atoms with Crippen LogP contribution >= 0.6 is 0 Å². The first kappa shape index (κ1) is 19.2. The third-order valence-electron chi connectivity index (χ3n) is 3.84. The van der Waals surface area contributed by atoms with Crippen LogP contribution in [0.15, 0.2) is 72.8 Å². The molecule has 0 fully saturated rings. The van der Waals surface area contributed by atoms with Crippen molar-refractivity contribution in [1.29, 1.82) is 0 Å². The van der Waals surface area contributed by atoms with E-state index in [0.29, 0.717) is 22.9 Å². The summed E-state index contributed by atoms with van der Waals surface area (Å²) < 4.78 is 29.3. The monoisotopic (exact) mass is 381 g/mol. The molecule has 0 radical (unpaired) electrons. The molecule has 0 aliphatic heterocycles. The molecule has 0 saturated heterocycles. The van der Waals surface area contributed by atoms with Gasteiger partial charge >= 0.3 is 0 Å². The molecule has 3 rings (SSSR count). The SMILES string of the molecule is COc1ccc(OCC(=O)Nc2cccc(COc3cccc(F)c3)c2)cc1. The van der Waals surface area contributed by atoms with Crippen LogP contribution in [-0.4, -0.2) is 19.6 Å². The van der Waals surface area contributed by atoms with Crippen molar-refractivity contribution in [3.05, 3.63) is 84.2 Å². The molecule has 28 heavy (non-hydrogen) atoms. The molecular weight excluding hydrogens is 361 g/mol. The summed E-state index contributed by atoms with van der Waals surface area (Å²) in [5, 5.41) is 2.78. The maximum atomic E-state index is 13.2. The van der Waals surface area contributed by atoms with Crippen molar-refractivity contribution in [2.75, 3.05) is 19.0 Å². The molecule has 3 aromatic rings. The van der Waals surface area contributed by atoms with Crippen LogP contribution in [0, 0.1) is 5.82 Å². The lowest BCUT2D eigenvalue weighted by Crippen LogP contribution is -2.20. The number of nitrogens with one attached hydrogen (secondary N) is 1. The van der Waals surface area contributed by atoms with Crippen molar-refractivity contribution in [1.82, 2.24) is 0 Å². The Balaban J connectivity index is 1.50. The first-order chi connectivity index (χ1) is 13.6. The van der Waals surface area contributed by atoms with Crippen molar-refractivity contribution in [3.63, 3.8) is 0 Å². The van der Waals surface area contributed by atoms with E-state index < -0.39 is 0 Å². The fourth-order valence-electron chi connectivity index (χ4n) is 2.48. The zero-order valence-electron chi connectivity index (χ0n) is 15.4. The molecule has 0 atom stereocenters. The molecule has 0 unspecified atom stereocenters. The highest BCUT2D eigenvalue weighted by molar-refractivity contribution is 5.91. The highest BCUT2D eigenvalue weighted by Crippen LogP contribution is 2.18. The Bertz CT molecular complexity index is 928. The van der Waals surface area contributed by atoms with Crippen LogP contribution < -0.4 is 19.5 Å². The van der Waals surface area contributed by atoms with Crippen LogP contribution in [0.1, 0.15) is 5.56 Å². The van der Waals surface area contributed by atoms with Gasteiger partial charge in [-0.2, -0.15) is 0 Å². The summed E-state index contributed by atoms with van der Waals surface area (Å²) in [5.74, 6) is 1.11. The van der Waals surface area contributed by atoms with E-state index in [1.807, 2.05) is 12.1 Å². The van der Waals surface area contributed by atoms with Gasteiger partial charge in [0.2, 0.25) is 0 Å². The molecule has 1 amide bonds. The Morgan fingerprint density at radius 1 is 0.893 bits per heavy atom. The molecule has 3 aromatic carbocycles. The highest BCUT2D eigenvalue weighted by Gasteiger charge is 2.05. The number of carbonyl (C=O) groups excluding carboxylic acids is 1. The molecule has 0 aromatic heterocycles. The van der Waals surface area contributed by atoms with Gasteiger partial charge in [0.15, 0.2) is 6.61 Å². The molecule has 5 nitrogen and oxygen atoms in total. The molecule has 0 saturated carbocycles. The second-order valence-corrected chi connectivity index (χ2v) is 5.96. The summed E-state index contributed by atoms with van der Waals surface area (Å²) in [5.41, 5.74) is 1.47. The van der Waals surface area contributed by atoms with Crippen LogP contribution in [0.3, 0.4) is 0 Å². The minimum atomic E-state index is -0.352. The lowest BCUT2D eigenvalue weighted by atomic mass is 10.2. The van der Waals surface area contributed by atoms with E-state index in [1.165, 1.54) is 12.1 Å². The standard InChI is InChI=1S/C22H20FNO4/c1-26-19-8-10-20(11-9-19)28-15-22(25)24-18-6-2-4-16(12-18)14-27-21-7-3-5-17(23)13-21/h2-13H,14-15H2,1H3,(H,24,25). The van der Waals surface area contributed by atoms with Crippen molar-refractivity contribution >= 4 is 11.6 Å². The van der Waals surface area contributed by atoms with Crippen molar-refractivity contribution in [2.45, 2.75) is 6.61 Å². The first-order valence-corrected chi connectivity index (χ1v) is 8.66. The predicted molar refractivity (Wildman–Crippen MR) is 104 cm³/mol. The smallest absolute Gasteiger partial charge is 0.262 e. The fourth-order valence-corrected chi connectivity index (χ4v) is 2.48. The normalized spacial score (nSPS) is 10.2. The van der Waals surface area contributed by atoms with Crippen molar-refractivity contribution in [2.24, 2.45) is 0 Å². The van der Waals surface area contributed by atoms with E-state index in [0.717, 1.165) is 5.56 Å². The van der Waals surface area contributed by atoms with Crippen molar-refractivity contribution in [3.8, 4) is 17.2 Å². The number of methoxy groups -OCH3 is 1. The largest absolute Gasteiger partial charge is 0.497 e. The lowest BCUT2D eigenvalue weighted by Gasteiger charge is -2.10. The van der Waals surface area contributed by atoms with Crippen LogP contribution in [0.5, 0.6) is 17.2 Å². The summed E-state index contributed by atoms with van der Waals surface area (Å²) in [6.45, 7) is 0.145. The number of hydrogen-bond donors (Lipinski definition) is 1. The van der Waals surface area contributed by atoms with Gasteiger partial charge in [-0.25, -0.2) is 4.39 Å². The molecule has 0 aliphatic rings. The number of ether oxygens (including phenoxy) is 3. The average Bonchev–Trinajstić information content (AvgIpc) is 2.71. The molecule has 144 valence electrons. The van der Waals surface area contributed by atoms with Gasteiger partial charge in [-0.15, -0.1) is 0 Å². The van der Waals surface area contributed by atoms with Crippen LogP contribution in [0.2, 0.25) is 0 Å². The van der Waals surface area contributed by atoms with E-state index >= 15 is 0 Å². The minimum absolute atomic E-state index is 0.115. The summed E-state index contributed by atoms with van der Waals surface area (Å²) in [6, 6.07) is 20.2. The molecule has 6 heteroatoms. The van der Waals surface area contributed by atoms with Crippen LogP contribution in [0.4, 0.5) is 10.1 Å². The Hall–Kier alpha value is -3.54. The Labute approximate surface area is 162 Å². The Morgan fingerprint density at radius 2 is 1.64 bits per heavy atom. The van der Waals surface area contributed by atoms with Gasteiger partial charge < -0.3 is 19.5 Å². The molecule has 0 heterocycles. The third kappa shape index (κ3) is 5.74. The Kier molecular flexibility index (Phi) is 6.46. The van der Waals surface area contributed by atoms with E-state index in [9.17, 15) is 9.18 Å². The van der Waals surface area contributed by atoms with Gasteiger partial charge in [0.1, 0.15) is 29.7 Å². The first-order valence-electron chi connectivity index (χ1n) is 8.66. The van der Waals surface area contributed by atoms with E-state index in [2.05, 4.69) is 5.32 Å². The molecular formula is C22H20FNO4. The van der Waals surface area contributed by atoms with Gasteiger partial charge in [-0.05, 0) is 54.1 Å². The van der Waals surface area contributed by atoms with E-state index in [1.54, 1.807) is 55.6 Å². The number of amides is 1. The van der Waals surface area contributed by atoms with Gasteiger partial charge in [0.25, 0.3) is 5.91 Å². The van der Waals surface area contributed by atoms with Gasteiger partial charge in [0.05, 0.1) is 7.11 Å². The third-order valence-corrected chi connectivity index (χ3v) is 3.84. The predicted octanol–water partition coefficient (Wildman–Crippen LogP) is 4.43. The quantitative estimate of drug-likeness (QED) is 0.627. The van der Waals surface area contributed by atoms with E-state index in [-0.39, 0.29) is 24.9 Å². The topological polar surface area (TPSA) is 56.8 Å². The molecule has 0 aliphatic carbocycles. The lowest BCUT2D eigenvalue weighted by molar-refractivity contribution is -0.118. The highest BCUT2D eigenvalue weighted by atomic mass is 19.1. The number of anilines is 1. The number of rotatable bonds is 8. The number of benzene rings is 3. The number of halogens is 1. The maximum absolute atomic E-state index is 13.2.